The van der Waals surface area contributed by atoms with E-state index >= 15 is 0 Å². The van der Waals surface area contributed by atoms with E-state index in [-0.39, 0.29) is 0 Å². The van der Waals surface area contributed by atoms with E-state index in [1.54, 1.807) is 0 Å². The van der Waals surface area contributed by atoms with E-state index in [9.17, 15) is 0 Å². The van der Waals surface area contributed by atoms with Crippen molar-refractivity contribution in [3.8, 4) is 0 Å². The van der Waals surface area contributed by atoms with Crippen molar-refractivity contribution in [3.63, 3.8) is 0 Å². The van der Waals surface area contributed by atoms with Crippen LogP contribution >= 0.6 is 12.6 Å². The average molecular weight is 371 g/mol. The van der Waals surface area contributed by atoms with Gasteiger partial charge in [0.1, 0.15) is 0 Å². The molecule has 0 amide bonds. The lowest BCUT2D eigenvalue weighted by Crippen LogP contribution is -2.27. The molecule has 0 saturated carbocycles. The molecule has 0 aliphatic carbocycles. The molecule has 0 spiro atoms. The molecule has 0 bridgehead atoms. The maximum Gasteiger partial charge on any atom is 0.00707 e. The quantitative estimate of drug-likeness (QED) is 0.291. The first kappa shape index (κ1) is 25.4. The summed E-state index contributed by atoms with van der Waals surface area (Å²) in [5.41, 5.74) is 0. The number of hydrogen-bond donors (Lipinski definition) is 1. The van der Waals surface area contributed by atoms with Crippen LogP contribution in [0, 0.1) is 41.4 Å². The summed E-state index contributed by atoms with van der Waals surface area (Å²) in [6, 6.07) is 0. The molecule has 6 unspecified atom stereocenters. The van der Waals surface area contributed by atoms with Crippen molar-refractivity contribution in [1.29, 1.82) is 0 Å². The molecular weight excluding hydrogens is 320 g/mol. The zero-order valence-electron chi connectivity index (χ0n) is 19.0. The smallest absolute Gasteiger partial charge is 0.00707 e. The molecule has 25 heavy (non-hydrogen) atoms. The van der Waals surface area contributed by atoms with Gasteiger partial charge in [0.2, 0.25) is 0 Å². The maximum atomic E-state index is 5.09. The lowest BCUT2D eigenvalue weighted by molar-refractivity contribution is 0.212. The first-order valence-electron chi connectivity index (χ1n) is 11.3. The highest BCUT2D eigenvalue weighted by molar-refractivity contribution is 7.81. The molecule has 1 heteroatoms. The van der Waals surface area contributed by atoms with Gasteiger partial charge in [-0.25, -0.2) is 0 Å². The molecule has 0 saturated heterocycles. The fourth-order valence-corrected chi connectivity index (χ4v) is 4.71. The van der Waals surface area contributed by atoms with Crippen molar-refractivity contribution in [2.24, 2.45) is 41.4 Å². The Morgan fingerprint density at radius 1 is 0.640 bits per heavy atom. The molecule has 0 aliphatic rings. The summed E-state index contributed by atoms with van der Waals surface area (Å²) in [6.07, 6.45) is 9.48. The van der Waals surface area contributed by atoms with Gasteiger partial charge in [0.05, 0.1) is 0 Å². The molecule has 0 aliphatic heterocycles. The van der Waals surface area contributed by atoms with Crippen molar-refractivity contribution >= 4 is 12.6 Å². The molecule has 0 heterocycles. The van der Waals surface area contributed by atoms with Gasteiger partial charge in [0, 0.05) is 5.25 Å². The van der Waals surface area contributed by atoms with Crippen LogP contribution in [0.2, 0.25) is 0 Å². The van der Waals surface area contributed by atoms with Gasteiger partial charge < -0.3 is 0 Å². The number of rotatable bonds is 14. The van der Waals surface area contributed by atoms with Crippen LogP contribution in [0.15, 0.2) is 0 Å². The van der Waals surface area contributed by atoms with Crippen LogP contribution in [0.4, 0.5) is 0 Å². The molecule has 0 N–H and O–H groups in total. The summed E-state index contributed by atoms with van der Waals surface area (Å²) in [4.78, 5) is 0. The Hall–Kier alpha value is 0.350. The van der Waals surface area contributed by atoms with E-state index < -0.39 is 0 Å². The van der Waals surface area contributed by atoms with Gasteiger partial charge in [-0.15, -0.1) is 0 Å². The summed E-state index contributed by atoms with van der Waals surface area (Å²) < 4.78 is 0. The van der Waals surface area contributed by atoms with Crippen LogP contribution in [0.5, 0.6) is 0 Å². The molecule has 0 radical (unpaired) electrons. The zero-order valence-corrected chi connectivity index (χ0v) is 19.9. The molecular formula is C24H50S. The van der Waals surface area contributed by atoms with Crippen molar-refractivity contribution in [1.82, 2.24) is 0 Å². The summed E-state index contributed by atoms with van der Waals surface area (Å²) in [6.45, 7) is 21.6. The Kier molecular flexibility index (Phi) is 13.7. The number of thiol groups is 1. The van der Waals surface area contributed by atoms with Gasteiger partial charge >= 0.3 is 0 Å². The van der Waals surface area contributed by atoms with Crippen LogP contribution < -0.4 is 0 Å². The maximum absolute atomic E-state index is 5.09. The third kappa shape index (κ3) is 10.9. The minimum atomic E-state index is 0.567. The van der Waals surface area contributed by atoms with Gasteiger partial charge in [0.25, 0.3) is 0 Å². The van der Waals surface area contributed by atoms with Gasteiger partial charge in [-0.1, -0.05) is 94.4 Å². The molecule has 152 valence electrons. The van der Waals surface area contributed by atoms with Crippen LogP contribution in [0.3, 0.4) is 0 Å². The van der Waals surface area contributed by atoms with Gasteiger partial charge in [-0.3, -0.25) is 0 Å². The first-order valence-corrected chi connectivity index (χ1v) is 11.8. The summed E-state index contributed by atoms with van der Waals surface area (Å²) >= 11 is 5.09. The van der Waals surface area contributed by atoms with E-state index in [0.717, 1.165) is 41.4 Å². The molecule has 0 rings (SSSR count). The highest BCUT2D eigenvalue weighted by Gasteiger charge is 2.27. The van der Waals surface area contributed by atoms with Crippen LogP contribution in [0.1, 0.15) is 107 Å². The summed E-state index contributed by atoms with van der Waals surface area (Å²) in [5, 5.41) is 0.567. The summed E-state index contributed by atoms with van der Waals surface area (Å²) in [5.74, 6) is 5.65. The minimum absolute atomic E-state index is 0.567. The predicted molar refractivity (Wildman–Crippen MR) is 121 cm³/mol. The third-order valence-electron chi connectivity index (χ3n) is 6.68. The Morgan fingerprint density at radius 3 is 1.68 bits per heavy atom. The SMILES string of the molecule is CCC(CCCC(C)C)C(S)C(C)CC(C)C(C)C(C)CCC(C)C. The lowest BCUT2D eigenvalue weighted by Gasteiger charge is -2.33. The minimum Gasteiger partial charge on any atom is -0.175 e. The molecule has 0 aromatic carbocycles. The predicted octanol–water partition coefficient (Wildman–Crippen LogP) is 8.51. The highest BCUT2D eigenvalue weighted by Crippen LogP contribution is 2.35. The Morgan fingerprint density at radius 2 is 1.20 bits per heavy atom. The topological polar surface area (TPSA) is 0 Å². The fraction of sp³-hybridized carbons (Fsp3) is 1.00. The molecule has 0 fully saturated rings. The second kappa shape index (κ2) is 13.5. The normalized spacial score (nSPS) is 19.7. The van der Waals surface area contributed by atoms with Gasteiger partial charge in [-0.2, -0.15) is 12.6 Å². The van der Waals surface area contributed by atoms with Crippen LogP contribution in [-0.2, 0) is 0 Å². The van der Waals surface area contributed by atoms with Crippen LogP contribution in [0.25, 0.3) is 0 Å². The van der Waals surface area contributed by atoms with Crippen molar-refractivity contribution in [2.45, 2.75) is 113 Å². The zero-order chi connectivity index (χ0) is 19.6. The van der Waals surface area contributed by atoms with E-state index in [2.05, 4.69) is 62.3 Å². The molecule has 6 atom stereocenters. The standard InChI is InChI=1S/C24H50S/c1-10-23(13-11-12-17(2)3)24(25)21(8)16-20(7)22(9)19(6)15-14-18(4)5/h17-25H,10-16H2,1-9H3. The van der Waals surface area contributed by atoms with Gasteiger partial charge in [0.15, 0.2) is 0 Å². The molecule has 0 nitrogen and oxygen atoms in total. The second-order valence-corrected chi connectivity index (χ2v) is 10.6. The lowest BCUT2D eigenvalue weighted by atomic mass is 9.76. The molecule has 0 aromatic rings. The van der Waals surface area contributed by atoms with E-state index in [1.807, 2.05) is 0 Å². The Bertz CT molecular complexity index is 309. The Labute approximate surface area is 166 Å². The first-order chi connectivity index (χ1) is 11.6. The van der Waals surface area contributed by atoms with Crippen molar-refractivity contribution < 1.29 is 0 Å². The Balaban J connectivity index is 4.43. The molecule has 0 aromatic heterocycles. The van der Waals surface area contributed by atoms with E-state index in [4.69, 9.17) is 12.6 Å². The van der Waals surface area contributed by atoms with Crippen LogP contribution in [-0.4, -0.2) is 5.25 Å². The average Bonchev–Trinajstić information content (AvgIpc) is 2.54. The monoisotopic (exact) mass is 370 g/mol. The van der Waals surface area contributed by atoms with Gasteiger partial charge in [-0.05, 0) is 54.3 Å². The highest BCUT2D eigenvalue weighted by atomic mass is 32.1. The fourth-order valence-electron chi connectivity index (χ4n) is 4.23. The third-order valence-corrected chi connectivity index (χ3v) is 7.62. The van der Waals surface area contributed by atoms with E-state index in [0.29, 0.717) is 5.25 Å². The number of hydrogen-bond acceptors (Lipinski definition) is 1. The summed E-state index contributed by atoms with van der Waals surface area (Å²) in [7, 11) is 0. The second-order valence-electron chi connectivity index (χ2n) is 9.98. The largest absolute Gasteiger partial charge is 0.175 e. The van der Waals surface area contributed by atoms with Crippen molar-refractivity contribution in [2.75, 3.05) is 0 Å². The van der Waals surface area contributed by atoms with Crippen molar-refractivity contribution in [3.05, 3.63) is 0 Å². The van der Waals surface area contributed by atoms with E-state index in [1.165, 1.54) is 44.9 Å².